The Balaban J connectivity index is 3.18. The van der Waals surface area contributed by atoms with Gasteiger partial charge in [0.2, 0.25) is 0 Å². The lowest BCUT2D eigenvalue weighted by atomic mass is 9.76. The Morgan fingerprint density at radius 1 is 1.36 bits per heavy atom. The smallest absolute Gasteiger partial charge is 0.465 e. The summed E-state index contributed by atoms with van der Waals surface area (Å²) in [7, 11) is -5.77. The molecule has 128 valence electrons. The fraction of sp³-hybridized carbons (Fsp3) is 0.750. The number of halogens is 3. The van der Waals surface area contributed by atoms with Gasteiger partial charge in [0.05, 0.1) is 0 Å². The lowest BCUT2D eigenvalue weighted by molar-refractivity contribution is -0.0536. The van der Waals surface area contributed by atoms with Crippen molar-refractivity contribution in [3.63, 3.8) is 0 Å². The number of carboxylic acid groups (broad SMARTS) is 1. The molecule has 1 amide bonds. The molecule has 2 unspecified atom stereocenters. The molecule has 0 aromatic rings. The summed E-state index contributed by atoms with van der Waals surface area (Å²) in [5, 5.41) is 9.20. The fourth-order valence-corrected chi connectivity index (χ4v) is 3.18. The average molecular weight is 345 g/mol. The van der Waals surface area contributed by atoms with Crippen molar-refractivity contribution >= 4 is 16.2 Å². The minimum atomic E-state index is -5.77. The first-order valence-electron chi connectivity index (χ1n) is 6.39. The Morgan fingerprint density at radius 2 is 1.86 bits per heavy atom. The lowest BCUT2D eigenvalue weighted by Crippen LogP contribution is -2.53. The highest BCUT2D eigenvalue weighted by Crippen LogP contribution is 2.39. The van der Waals surface area contributed by atoms with Crippen molar-refractivity contribution in [1.29, 1.82) is 0 Å². The van der Waals surface area contributed by atoms with Crippen LogP contribution < -0.4 is 0 Å². The first-order chi connectivity index (χ1) is 9.68. The number of rotatable bonds is 2. The largest absolute Gasteiger partial charge is 0.534 e. The maximum Gasteiger partial charge on any atom is 0.534 e. The molecule has 0 saturated heterocycles. The van der Waals surface area contributed by atoms with Gasteiger partial charge in [0.25, 0.3) is 0 Å². The van der Waals surface area contributed by atoms with E-state index in [1.54, 1.807) is 20.8 Å². The summed E-state index contributed by atoms with van der Waals surface area (Å²) < 4.78 is 63.7. The summed E-state index contributed by atoms with van der Waals surface area (Å²) in [6.45, 7) is 6.33. The van der Waals surface area contributed by atoms with Crippen LogP contribution in [0.5, 0.6) is 0 Å². The van der Waals surface area contributed by atoms with Crippen molar-refractivity contribution in [2.75, 3.05) is 6.54 Å². The van der Waals surface area contributed by atoms with E-state index in [2.05, 4.69) is 4.18 Å². The van der Waals surface area contributed by atoms with E-state index in [0.29, 0.717) is 0 Å². The van der Waals surface area contributed by atoms with Gasteiger partial charge in [-0.3, -0.25) is 0 Å². The molecule has 0 bridgehead atoms. The summed E-state index contributed by atoms with van der Waals surface area (Å²) in [6, 6.07) is -0.728. The summed E-state index contributed by atoms with van der Waals surface area (Å²) >= 11 is 0. The third kappa shape index (κ3) is 3.65. The van der Waals surface area contributed by atoms with Crippen LogP contribution in [-0.2, 0) is 14.3 Å². The Bertz CT molecular complexity index is 577. The van der Waals surface area contributed by atoms with Gasteiger partial charge in [0.1, 0.15) is 5.76 Å². The predicted octanol–water partition coefficient (Wildman–Crippen LogP) is 2.78. The van der Waals surface area contributed by atoms with Crippen LogP contribution in [0.1, 0.15) is 27.7 Å². The van der Waals surface area contributed by atoms with Crippen LogP contribution in [0.2, 0.25) is 0 Å². The Morgan fingerprint density at radius 3 is 2.23 bits per heavy atom. The Labute approximate surface area is 126 Å². The van der Waals surface area contributed by atoms with E-state index >= 15 is 0 Å². The molecule has 1 heterocycles. The van der Waals surface area contributed by atoms with Gasteiger partial charge >= 0.3 is 21.7 Å². The molecule has 0 spiro atoms. The minimum absolute atomic E-state index is 0.246. The van der Waals surface area contributed by atoms with E-state index in [1.165, 1.54) is 6.92 Å². The third-order valence-corrected chi connectivity index (χ3v) is 4.35. The maximum atomic E-state index is 12.4. The van der Waals surface area contributed by atoms with Gasteiger partial charge in [-0.15, -0.1) is 0 Å². The molecule has 0 aromatic heterocycles. The average Bonchev–Trinajstić information content (AvgIpc) is 2.27. The standard InChI is InChI=1S/C12H18F3NO5S/c1-7-8(21-22(19,20)12(13,14)15)5-6-16(10(17)18)9(7)11(2,3)4/h5,7,9H,6H2,1-4H3,(H,17,18). The molecular formula is C12H18F3NO5S. The molecular weight excluding hydrogens is 327 g/mol. The zero-order valence-electron chi connectivity index (χ0n) is 12.5. The van der Waals surface area contributed by atoms with Crippen LogP contribution in [0.15, 0.2) is 11.8 Å². The van der Waals surface area contributed by atoms with Gasteiger partial charge in [0.15, 0.2) is 0 Å². The van der Waals surface area contributed by atoms with Crippen molar-refractivity contribution in [2.45, 2.75) is 39.2 Å². The second-order valence-electron chi connectivity index (χ2n) is 6.12. The fourth-order valence-electron chi connectivity index (χ4n) is 2.61. The van der Waals surface area contributed by atoms with Crippen LogP contribution in [-0.4, -0.2) is 42.6 Å². The van der Waals surface area contributed by atoms with Crippen LogP contribution in [0.25, 0.3) is 0 Å². The molecule has 1 N–H and O–H groups in total. The van der Waals surface area contributed by atoms with Gasteiger partial charge < -0.3 is 14.2 Å². The molecule has 2 atom stereocenters. The first-order valence-corrected chi connectivity index (χ1v) is 7.79. The molecule has 22 heavy (non-hydrogen) atoms. The Kier molecular flexibility index (Phi) is 4.76. The predicted molar refractivity (Wildman–Crippen MR) is 71.3 cm³/mol. The first kappa shape index (κ1) is 18.6. The number of amides is 1. The SMILES string of the molecule is CC1C(OS(=O)(=O)C(F)(F)F)=CCN(C(=O)O)C1C(C)(C)C. The van der Waals surface area contributed by atoms with E-state index in [0.717, 1.165) is 11.0 Å². The van der Waals surface area contributed by atoms with E-state index in [4.69, 9.17) is 0 Å². The van der Waals surface area contributed by atoms with Gasteiger partial charge in [-0.25, -0.2) is 4.79 Å². The van der Waals surface area contributed by atoms with Crippen molar-refractivity contribution in [3.05, 3.63) is 11.8 Å². The highest BCUT2D eigenvalue weighted by Gasteiger charge is 2.51. The molecule has 0 fully saturated rings. The summed E-state index contributed by atoms with van der Waals surface area (Å²) in [5.74, 6) is -1.24. The monoisotopic (exact) mass is 345 g/mol. The molecule has 0 aliphatic carbocycles. The van der Waals surface area contributed by atoms with Gasteiger partial charge in [0, 0.05) is 18.5 Å². The van der Waals surface area contributed by atoms with E-state index in [9.17, 15) is 31.5 Å². The molecule has 10 heteroatoms. The van der Waals surface area contributed by atoms with Crippen LogP contribution in [0, 0.1) is 11.3 Å². The van der Waals surface area contributed by atoms with Crippen LogP contribution >= 0.6 is 0 Å². The topological polar surface area (TPSA) is 83.9 Å². The number of hydrogen-bond donors (Lipinski definition) is 1. The third-order valence-electron chi connectivity index (χ3n) is 3.37. The summed E-state index contributed by atoms with van der Waals surface area (Å²) in [5.41, 5.74) is -6.16. The van der Waals surface area contributed by atoms with E-state index in [1.807, 2.05) is 0 Å². The van der Waals surface area contributed by atoms with E-state index in [-0.39, 0.29) is 6.54 Å². The molecule has 1 aliphatic heterocycles. The summed E-state index contributed by atoms with van der Waals surface area (Å²) in [4.78, 5) is 12.3. The van der Waals surface area contributed by atoms with Gasteiger partial charge in [-0.1, -0.05) is 27.7 Å². The number of nitrogens with zero attached hydrogens (tertiary/aromatic N) is 1. The highest BCUT2D eigenvalue weighted by atomic mass is 32.2. The number of alkyl halides is 3. The minimum Gasteiger partial charge on any atom is -0.465 e. The molecule has 6 nitrogen and oxygen atoms in total. The van der Waals surface area contributed by atoms with Gasteiger partial charge in [-0.2, -0.15) is 21.6 Å². The molecule has 0 radical (unpaired) electrons. The number of hydrogen-bond acceptors (Lipinski definition) is 4. The number of carbonyl (C=O) groups is 1. The maximum absolute atomic E-state index is 12.4. The quantitative estimate of drug-likeness (QED) is 0.614. The normalized spacial score (nSPS) is 24.0. The van der Waals surface area contributed by atoms with Crippen molar-refractivity contribution in [2.24, 2.45) is 11.3 Å². The summed E-state index contributed by atoms with van der Waals surface area (Å²) in [6.07, 6.45) is -0.189. The second kappa shape index (κ2) is 5.64. The van der Waals surface area contributed by atoms with E-state index < -0.39 is 44.9 Å². The molecule has 1 aliphatic rings. The van der Waals surface area contributed by atoms with Crippen molar-refractivity contribution < 1.29 is 35.7 Å². The van der Waals surface area contributed by atoms with Crippen molar-refractivity contribution in [1.82, 2.24) is 4.90 Å². The molecule has 0 aromatic carbocycles. The van der Waals surface area contributed by atoms with Crippen LogP contribution in [0.4, 0.5) is 18.0 Å². The Hall–Kier alpha value is -1.45. The zero-order chi connectivity index (χ0) is 17.5. The molecule has 1 rings (SSSR count). The van der Waals surface area contributed by atoms with Gasteiger partial charge in [-0.05, 0) is 11.5 Å². The molecule has 0 saturated carbocycles. The zero-order valence-corrected chi connectivity index (χ0v) is 13.3. The van der Waals surface area contributed by atoms with Crippen LogP contribution in [0.3, 0.4) is 0 Å². The highest BCUT2D eigenvalue weighted by molar-refractivity contribution is 7.87. The van der Waals surface area contributed by atoms with Crippen molar-refractivity contribution in [3.8, 4) is 0 Å². The lowest BCUT2D eigenvalue weighted by Gasteiger charge is -2.44. The second-order valence-corrected chi connectivity index (χ2v) is 7.66.